The summed E-state index contributed by atoms with van der Waals surface area (Å²) in [5, 5.41) is 9.35. The van der Waals surface area contributed by atoms with Gasteiger partial charge in [0.1, 0.15) is 6.67 Å². The van der Waals surface area contributed by atoms with Crippen molar-refractivity contribution in [2.24, 2.45) is 5.90 Å². The molecule has 4 N–H and O–H groups in total. The highest BCUT2D eigenvalue weighted by atomic mass is 127. The SMILES string of the molecule is Cc1cc(C(C)I)c(ON)cc1N(CC(=O)NCCNCCF)CC(=O)N(C)N1Cc2ccccc2C1. The van der Waals surface area contributed by atoms with Crippen LogP contribution in [0.25, 0.3) is 0 Å². The molecule has 2 aromatic carbocycles. The largest absolute Gasteiger partial charge is 0.411 e. The Labute approximate surface area is 231 Å². The standard InChI is InChI=1S/C26H36FIN6O3/c1-18-12-22(19(2)28)24(37-29)13-23(18)33(16-25(35)31-11-10-30-9-8-27)17-26(36)32(3)34-14-20-6-4-5-7-21(20)15-34/h4-7,12-13,19,30H,8-11,14-17,29H2,1-3H3,(H,31,35). The second-order valence-corrected chi connectivity index (χ2v) is 10.9. The molecule has 0 aromatic heterocycles. The van der Waals surface area contributed by atoms with Crippen molar-refractivity contribution < 1.29 is 18.8 Å². The van der Waals surface area contributed by atoms with Gasteiger partial charge >= 0.3 is 0 Å². The third kappa shape index (κ3) is 7.76. The van der Waals surface area contributed by atoms with Crippen molar-refractivity contribution >= 4 is 40.1 Å². The summed E-state index contributed by atoms with van der Waals surface area (Å²) in [4.78, 5) is 33.1. The maximum Gasteiger partial charge on any atom is 0.256 e. The monoisotopic (exact) mass is 626 g/mol. The molecule has 37 heavy (non-hydrogen) atoms. The Balaban J connectivity index is 1.78. The van der Waals surface area contributed by atoms with E-state index in [1.807, 2.05) is 37.1 Å². The van der Waals surface area contributed by atoms with E-state index in [4.69, 9.17) is 10.7 Å². The molecule has 1 heterocycles. The molecule has 0 aliphatic carbocycles. The number of halogens is 2. The average Bonchev–Trinajstić information content (AvgIpc) is 3.31. The molecule has 0 fully saturated rings. The lowest BCUT2D eigenvalue weighted by Gasteiger charge is -2.32. The zero-order valence-electron chi connectivity index (χ0n) is 21.6. The molecule has 0 radical (unpaired) electrons. The summed E-state index contributed by atoms with van der Waals surface area (Å²) in [6.07, 6.45) is 0. The zero-order chi connectivity index (χ0) is 26.9. The summed E-state index contributed by atoms with van der Waals surface area (Å²) in [5.41, 5.74) is 4.93. The fourth-order valence-corrected chi connectivity index (χ4v) is 4.83. The summed E-state index contributed by atoms with van der Waals surface area (Å²) in [6.45, 7) is 5.82. The molecule has 1 unspecified atom stereocenters. The minimum absolute atomic E-state index is 0.0130. The zero-order valence-corrected chi connectivity index (χ0v) is 23.8. The highest BCUT2D eigenvalue weighted by Crippen LogP contribution is 2.36. The molecule has 2 amide bonds. The number of hydrogen-bond acceptors (Lipinski definition) is 7. The molecular formula is C26H36FIN6O3. The van der Waals surface area contributed by atoms with Gasteiger partial charge in [0, 0.05) is 61.0 Å². The molecule has 0 bridgehead atoms. The Morgan fingerprint density at radius 1 is 1.16 bits per heavy atom. The predicted molar refractivity (Wildman–Crippen MR) is 151 cm³/mol. The normalized spacial score (nSPS) is 13.7. The number of hydrazine groups is 1. The maximum absolute atomic E-state index is 13.4. The smallest absolute Gasteiger partial charge is 0.256 e. The minimum Gasteiger partial charge on any atom is -0.411 e. The van der Waals surface area contributed by atoms with Crippen LogP contribution in [0.4, 0.5) is 10.1 Å². The van der Waals surface area contributed by atoms with Crippen molar-refractivity contribution in [3.63, 3.8) is 0 Å². The van der Waals surface area contributed by atoms with E-state index in [0.717, 1.165) is 11.1 Å². The summed E-state index contributed by atoms with van der Waals surface area (Å²) in [6, 6.07) is 11.9. The fraction of sp³-hybridized carbons (Fsp3) is 0.462. The van der Waals surface area contributed by atoms with Gasteiger partial charge in [-0.2, -0.15) is 5.90 Å². The molecule has 0 saturated carbocycles. The molecule has 1 aliphatic rings. The summed E-state index contributed by atoms with van der Waals surface area (Å²) in [7, 11) is 1.76. The number of amides is 2. The van der Waals surface area contributed by atoms with Crippen molar-refractivity contribution in [2.45, 2.75) is 30.9 Å². The lowest BCUT2D eigenvalue weighted by Crippen LogP contribution is -2.48. The van der Waals surface area contributed by atoms with Crippen molar-refractivity contribution in [2.75, 3.05) is 51.3 Å². The van der Waals surface area contributed by atoms with Crippen LogP contribution in [0.15, 0.2) is 36.4 Å². The topological polar surface area (TPSA) is 103 Å². The maximum atomic E-state index is 13.4. The third-order valence-electron chi connectivity index (χ3n) is 6.39. The molecule has 9 nitrogen and oxygen atoms in total. The first kappa shape index (κ1) is 29.1. The van der Waals surface area contributed by atoms with Crippen molar-refractivity contribution in [1.29, 1.82) is 0 Å². The fourth-order valence-electron chi connectivity index (χ4n) is 4.34. The van der Waals surface area contributed by atoms with Crippen LogP contribution in [-0.2, 0) is 22.7 Å². The van der Waals surface area contributed by atoms with Gasteiger partial charge in [-0.05, 0) is 36.6 Å². The second kappa shape index (κ2) is 13.9. The average molecular weight is 627 g/mol. The first-order chi connectivity index (χ1) is 17.7. The van der Waals surface area contributed by atoms with Gasteiger partial charge in [0.25, 0.3) is 5.91 Å². The van der Waals surface area contributed by atoms with Crippen molar-refractivity contribution in [1.82, 2.24) is 20.7 Å². The van der Waals surface area contributed by atoms with E-state index in [-0.39, 0.29) is 35.4 Å². The number of carbonyl (C=O) groups is 2. The predicted octanol–water partition coefficient (Wildman–Crippen LogP) is 2.61. The highest BCUT2D eigenvalue weighted by Gasteiger charge is 2.27. The summed E-state index contributed by atoms with van der Waals surface area (Å²) < 4.78 is 12.4. The number of carbonyl (C=O) groups excluding carboxylic acids is 2. The molecule has 11 heteroatoms. The molecule has 3 rings (SSSR count). The van der Waals surface area contributed by atoms with Gasteiger partial charge in [0.2, 0.25) is 5.91 Å². The Morgan fingerprint density at radius 3 is 2.43 bits per heavy atom. The van der Waals surface area contributed by atoms with E-state index in [2.05, 4.69) is 45.4 Å². The van der Waals surface area contributed by atoms with Crippen LogP contribution in [0.3, 0.4) is 0 Å². The van der Waals surface area contributed by atoms with Crippen molar-refractivity contribution in [3.8, 4) is 5.75 Å². The van der Waals surface area contributed by atoms with Crippen LogP contribution in [0.2, 0.25) is 0 Å². The van der Waals surface area contributed by atoms with Gasteiger partial charge < -0.3 is 20.4 Å². The molecule has 2 aromatic rings. The number of benzene rings is 2. The van der Waals surface area contributed by atoms with Crippen LogP contribution in [0.5, 0.6) is 5.75 Å². The summed E-state index contributed by atoms with van der Waals surface area (Å²) >= 11 is 2.29. The number of anilines is 1. The second-order valence-electron chi connectivity index (χ2n) is 9.06. The van der Waals surface area contributed by atoms with Gasteiger partial charge in [-0.1, -0.05) is 46.9 Å². The Kier molecular flexibility index (Phi) is 10.9. The highest BCUT2D eigenvalue weighted by molar-refractivity contribution is 14.1. The van der Waals surface area contributed by atoms with E-state index < -0.39 is 6.67 Å². The minimum atomic E-state index is -0.462. The van der Waals surface area contributed by atoms with E-state index in [0.29, 0.717) is 37.6 Å². The first-order valence-electron chi connectivity index (χ1n) is 12.3. The van der Waals surface area contributed by atoms with E-state index >= 15 is 0 Å². The Bertz CT molecular complexity index is 1060. The lowest BCUT2D eigenvalue weighted by atomic mass is 10.1. The Morgan fingerprint density at radius 2 is 1.84 bits per heavy atom. The van der Waals surface area contributed by atoms with Crippen LogP contribution < -0.4 is 26.3 Å². The number of nitrogens with zero attached hydrogens (tertiary/aromatic N) is 3. The molecular weight excluding hydrogens is 590 g/mol. The molecule has 1 aliphatic heterocycles. The number of rotatable bonds is 13. The quantitative estimate of drug-likeness (QED) is 0.136. The van der Waals surface area contributed by atoms with Gasteiger partial charge in [-0.3, -0.25) is 14.6 Å². The number of nitrogens with two attached hydrogens (primary N) is 1. The van der Waals surface area contributed by atoms with E-state index in [1.165, 1.54) is 11.1 Å². The third-order valence-corrected chi connectivity index (χ3v) is 7.06. The number of nitrogens with one attached hydrogen (secondary N) is 2. The van der Waals surface area contributed by atoms with Gasteiger partial charge in [0.05, 0.1) is 13.1 Å². The molecule has 0 saturated heterocycles. The van der Waals surface area contributed by atoms with Crippen molar-refractivity contribution in [3.05, 3.63) is 58.7 Å². The van der Waals surface area contributed by atoms with E-state index in [9.17, 15) is 14.0 Å². The molecule has 202 valence electrons. The molecule has 1 atom stereocenters. The number of hydrogen-bond donors (Lipinski definition) is 3. The first-order valence-corrected chi connectivity index (χ1v) is 13.5. The number of likely N-dealkylation sites (N-methyl/N-ethyl adjacent to an activating group) is 1. The van der Waals surface area contributed by atoms with Gasteiger partial charge in [-0.15, -0.1) is 0 Å². The summed E-state index contributed by atoms with van der Waals surface area (Å²) in [5.74, 6) is 5.68. The number of aryl methyl sites for hydroxylation is 1. The number of alkyl halides is 2. The van der Waals surface area contributed by atoms with Gasteiger partial charge in [0.15, 0.2) is 5.75 Å². The van der Waals surface area contributed by atoms with Crippen LogP contribution in [0, 0.1) is 6.92 Å². The number of fused-ring (bicyclic) bond motifs is 1. The van der Waals surface area contributed by atoms with Gasteiger partial charge in [-0.25, -0.2) is 9.40 Å². The molecule has 0 spiro atoms. The lowest BCUT2D eigenvalue weighted by molar-refractivity contribution is -0.145. The Hall–Kier alpha value is -2.48. The van der Waals surface area contributed by atoms with Crippen LogP contribution in [-0.4, -0.2) is 68.3 Å². The van der Waals surface area contributed by atoms with E-state index in [1.54, 1.807) is 23.0 Å². The van der Waals surface area contributed by atoms with Crippen LogP contribution >= 0.6 is 22.6 Å². The van der Waals surface area contributed by atoms with Crippen LogP contribution in [0.1, 0.15) is 33.1 Å².